The molecule has 0 aromatic heterocycles. The second kappa shape index (κ2) is 4.88. The summed E-state index contributed by atoms with van der Waals surface area (Å²) in [6, 6.07) is 1.83. The second-order valence-corrected chi connectivity index (χ2v) is 4.63. The fourth-order valence-corrected chi connectivity index (χ4v) is 1.92. The van der Waals surface area contributed by atoms with Crippen LogP contribution in [0.5, 0.6) is 5.75 Å². The second-order valence-electron chi connectivity index (χ2n) is 4.23. The molecule has 1 rings (SSSR count). The summed E-state index contributed by atoms with van der Waals surface area (Å²) in [6.07, 6.45) is 0.0392. The Labute approximate surface area is 102 Å². The van der Waals surface area contributed by atoms with Gasteiger partial charge in [0.25, 0.3) is 0 Å². The lowest BCUT2D eigenvalue weighted by Gasteiger charge is -2.18. The highest BCUT2D eigenvalue weighted by atomic mass is 35.5. The van der Waals surface area contributed by atoms with E-state index in [-0.39, 0.29) is 11.9 Å². The number of hydrogen-bond donors (Lipinski definition) is 0. The Balaban J connectivity index is 3.44. The summed E-state index contributed by atoms with van der Waals surface area (Å²) in [5, 5.41) is 0.610. The third kappa shape index (κ3) is 2.56. The minimum Gasteiger partial charge on any atom is -0.490 e. The normalized spacial score (nSPS) is 10.7. The van der Waals surface area contributed by atoms with E-state index in [1.807, 2.05) is 33.8 Å². The quantitative estimate of drug-likeness (QED) is 0.748. The zero-order valence-corrected chi connectivity index (χ0v) is 11.1. The fraction of sp³-hybridized carbons (Fsp3) is 0.462. The van der Waals surface area contributed by atoms with E-state index in [1.54, 1.807) is 0 Å². The van der Waals surface area contributed by atoms with E-state index in [4.69, 9.17) is 16.3 Å². The van der Waals surface area contributed by atoms with Crippen LogP contribution >= 0.6 is 11.6 Å². The Morgan fingerprint density at radius 2 is 1.94 bits per heavy atom. The van der Waals surface area contributed by atoms with Gasteiger partial charge in [0.05, 0.1) is 11.7 Å². The Hall–Kier alpha value is -1.02. The van der Waals surface area contributed by atoms with E-state index in [2.05, 4.69) is 0 Å². The van der Waals surface area contributed by atoms with Gasteiger partial charge in [-0.3, -0.25) is 4.79 Å². The highest BCUT2D eigenvalue weighted by Crippen LogP contribution is 2.33. The minimum absolute atomic E-state index is 0.0150. The first-order chi connectivity index (χ1) is 7.34. The number of hydrogen-bond acceptors (Lipinski definition) is 2. The summed E-state index contributed by atoms with van der Waals surface area (Å²) in [5.74, 6) is 0.642. The monoisotopic (exact) mass is 240 g/mol. The van der Waals surface area contributed by atoms with E-state index in [9.17, 15) is 4.79 Å². The van der Waals surface area contributed by atoms with Gasteiger partial charge < -0.3 is 4.74 Å². The highest BCUT2D eigenvalue weighted by Gasteiger charge is 2.18. The van der Waals surface area contributed by atoms with Crippen molar-refractivity contribution >= 4 is 17.4 Å². The van der Waals surface area contributed by atoms with Crippen LogP contribution in [0.25, 0.3) is 0 Å². The number of benzene rings is 1. The summed E-state index contributed by atoms with van der Waals surface area (Å²) in [7, 11) is 0. The molecule has 0 aliphatic heterocycles. The number of Topliss-reactive ketones (excluding diaryl/α,β-unsaturated/α-hetero) is 1. The van der Waals surface area contributed by atoms with Crippen molar-refractivity contribution in [2.45, 2.75) is 40.7 Å². The molecule has 0 heterocycles. The number of aryl methyl sites for hydroxylation is 1. The predicted octanol–water partition coefficient (Wildman–Crippen LogP) is 3.95. The average molecular weight is 241 g/mol. The van der Waals surface area contributed by atoms with Crippen molar-refractivity contribution < 1.29 is 9.53 Å². The summed E-state index contributed by atoms with van der Waals surface area (Å²) < 4.78 is 5.69. The molecule has 0 saturated carbocycles. The first kappa shape index (κ1) is 13.0. The third-order valence-corrected chi connectivity index (χ3v) is 2.76. The van der Waals surface area contributed by atoms with Gasteiger partial charge >= 0.3 is 0 Å². The van der Waals surface area contributed by atoms with Crippen molar-refractivity contribution in [3.05, 3.63) is 27.8 Å². The Morgan fingerprint density at radius 1 is 1.38 bits per heavy atom. The SMILES string of the molecule is CC(=O)c1c(C)c(Cl)cc(C)c1OC(C)C. The van der Waals surface area contributed by atoms with Crippen molar-refractivity contribution in [2.75, 3.05) is 0 Å². The van der Waals surface area contributed by atoms with Gasteiger partial charge in [0.15, 0.2) is 5.78 Å². The molecule has 0 radical (unpaired) electrons. The zero-order valence-electron chi connectivity index (χ0n) is 10.3. The molecule has 3 heteroatoms. The van der Waals surface area contributed by atoms with Crippen LogP contribution in [0, 0.1) is 13.8 Å². The number of halogens is 1. The maximum atomic E-state index is 11.6. The maximum Gasteiger partial charge on any atom is 0.163 e. The van der Waals surface area contributed by atoms with Gasteiger partial charge in [-0.25, -0.2) is 0 Å². The summed E-state index contributed by atoms with van der Waals surface area (Å²) in [4.78, 5) is 11.6. The molecule has 0 atom stereocenters. The molecular formula is C13H17ClO2. The van der Waals surface area contributed by atoms with Crippen LogP contribution in [-0.4, -0.2) is 11.9 Å². The molecule has 1 aromatic rings. The molecule has 16 heavy (non-hydrogen) atoms. The Morgan fingerprint density at radius 3 is 2.38 bits per heavy atom. The Kier molecular flexibility index (Phi) is 3.98. The largest absolute Gasteiger partial charge is 0.490 e. The van der Waals surface area contributed by atoms with Gasteiger partial charge in [0.2, 0.25) is 0 Å². The standard InChI is InChI=1S/C13H17ClO2/c1-7(2)16-13-8(3)6-11(14)9(4)12(13)10(5)15/h6-7H,1-5H3. The number of ketones is 1. The fourth-order valence-electron chi connectivity index (χ4n) is 1.66. The molecule has 0 fully saturated rings. The first-order valence-corrected chi connectivity index (χ1v) is 5.69. The van der Waals surface area contributed by atoms with Crippen LogP contribution < -0.4 is 4.74 Å². The van der Waals surface area contributed by atoms with Gasteiger partial charge in [0.1, 0.15) is 5.75 Å². The molecule has 0 amide bonds. The Bertz CT molecular complexity index is 422. The van der Waals surface area contributed by atoms with Crippen molar-refractivity contribution in [2.24, 2.45) is 0 Å². The van der Waals surface area contributed by atoms with Gasteiger partial charge in [-0.1, -0.05) is 11.6 Å². The smallest absolute Gasteiger partial charge is 0.163 e. The first-order valence-electron chi connectivity index (χ1n) is 5.31. The zero-order chi connectivity index (χ0) is 12.5. The molecule has 88 valence electrons. The molecule has 0 spiro atoms. The third-order valence-electron chi connectivity index (χ3n) is 2.37. The van der Waals surface area contributed by atoms with Gasteiger partial charge in [-0.05, 0) is 51.8 Å². The molecule has 0 unspecified atom stereocenters. The van der Waals surface area contributed by atoms with Crippen molar-refractivity contribution in [1.29, 1.82) is 0 Å². The lowest BCUT2D eigenvalue weighted by Crippen LogP contribution is -2.11. The van der Waals surface area contributed by atoms with E-state index >= 15 is 0 Å². The van der Waals surface area contributed by atoms with Crippen LogP contribution in [0.15, 0.2) is 6.07 Å². The molecule has 0 aliphatic rings. The number of ether oxygens (including phenoxy) is 1. The molecule has 0 saturated heterocycles. The highest BCUT2D eigenvalue weighted by molar-refractivity contribution is 6.32. The van der Waals surface area contributed by atoms with Gasteiger partial charge in [-0.15, -0.1) is 0 Å². The molecule has 0 bridgehead atoms. The van der Waals surface area contributed by atoms with Crippen LogP contribution in [0.2, 0.25) is 5.02 Å². The minimum atomic E-state index is -0.0150. The van der Waals surface area contributed by atoms with Gasteiger partial charge in [-0.2, -0.15) is 0 Å². The number of rotatable bonds is 3. The maximum absolute atomic E-state index is 11.6. The van der Waals surface area contributed by atoms with E-state index < -0.39 is 0 Å². The van der Waals surface area contributed by atoms with Crippen LogP contribution in [0.1, 0.15) is 42.3 Å². The van der Waals surface area contributed by atoms with Crippen LogP contribution in [0.4, 0.5) is 0 Å². The molecule has 1 aromatic carbocycles. The van der Waals surface area contributed by atoms with Crippen molar-refractivity contribution in [3.8, 4) is 5.75 Å². The van der Waals surface area contributed by atoms with E-state index in [0.29, 0.717) is 16.3 Å². The predicted molar refractivity (Wildman–Crippen MR) is 66.7 cm³/mol. The molecule has 0 aliphatic carbocycles. The van der Waals surface area contributed by atoms with Crippen molar-refractivity contribution in [3.63, 3.8) is 0 Å². The summed E-state index contributed by atoms with van der Waals surface area (Å²) in [6.45, 7) is 9.15. The number of carbonyl (C=O) groups excluding carboxylic acids is 1. The van der Waals surface area contributed by atoms with Gasteiger partial charge in [0, 0.05) is 5.02 Å². The topological polar surface area (TPSA) is 26.3 Å². The average Bonchev–Trinajstić information content (AvgIpc) is 2.13. The van der Waals surface area contributed by atoms with Crippen LogP contribution in [0.3, 0.4) is 0 Å². The molecular weight excluding hydrogens is 224 g/mol. The lowest BCUT2D eigenvalue weighted by atomic mass is 10.0. The summed E-state index contributed by atoms with van der Waals surface area (Å²) >= 11 is 6.06. The van der Waals surface area contributed by atoms with Crippen molar-refractivity contribution in [1.82, 2.24) is 0 Å². The summed E-state index contributed by atoms with van der Waals surface area (Å²) in [5.41, 5.74) is 2.28. The lowest BCUT2D eigenvalue weighted by molar-refractivity contribution is 0.101. The van der Waals surface area contributed by atoms with E-state index in [0.717, 1.165) is 11.1 Å². The van der Waals surface area contributed by atoms with Crippen LogP contribution in [-0.2, 0) is 0 Å². The number of carbonyl (C=O) groups is 1. The van der Waals surface area contributed by atoms with E-state index in [1.165, 1.54) is 6.92 Å². The molecule has 2 nitrogen and oxygen atoms in total. The molecule has 0 N–H and O–H groups in total.